The topological polar surface area (TPSA) is 55.9 Å². The number of rotatable bonds is 3. The van der Waals surface area contributed by atoms with E-state index >= 15 is 0 Å². The van der Waals surface area contributed by atoms with E-state index in [-0.39, 0.29) is 11.9 Å². The highest BCUT2D eigenvalue weighted by molar-refractivity contribution is 7.19. The first-order valence-electron chi connectivity index (χ1n) is 5.82. The Balaban J connectivity index is 2.09. The van der Waals surface area contributed by atoms with E-state index in [0.717, 1.165) is 20.7 Å². The van der Waals surface area contributed by atoms with Crippen LogP contribution in [0.5, 0.6) is 0 Å². The largest absolute Gasteiger partial charge is 0.271 e. The van der Waals surface area contributed by atoms with Crippen molar-refractivity contribution in [3.8, 4) is 0 Å². The molecular weight excluding hydrogens is 263 g/mol. The zero-order chi connectivity index (χ0) is 13.4. The first-order valence-corrected chi connectivity index (χ1v) is 6.63. The van der Waals surface area contributed by atoms with E-state index in [1.54, 1.807) is 23.0 Å². The normalized spacial score (nSPS) is 13.0. The maximum atomic E-state index is 13.2. The molecule has 6 heteroatoms. The summed E-state index contributed by atoms with van der Waals surface area (Å²) in [6, 6.07) is 8.58. The van der Waals surface area contributed by atoms with Crippen LogP contribution in [-0.4, -0.2) is 9.78 Å². The summed E-state index contributed by atoms with van der Waals surface area (Å²) in [6.45, 7) is 0. The lowest BCUT2D eigenvalue weighted by Gasteiger charge is -2.14. The number of benzene rings is 1. The van der Waals surface area contributed by atoms with Crippen LogP contribution in [0.3, 0.4) is 0 Å². The second kappa shape index (κ2) is 4.73. The SMILES string of the molecule is Cn1nccc1C(NN)c1cc2ccc(F)cc2s1. The minimum absolute atomic E-state index is 0.145. The zero-order valence-electron chi connectivity index (χ0n) is 10.3. The van der Waals surface area contributed by atoms with E-state index in [9.17, 15) is 4.39 Å². The fraction of sp³-hybridized carbons (Fsp3) is 0.154. The Labute approximate surface area is 113 Å². The van der Waals surface area contributed by atoms with Gasteiger partial charge in [-0.1, -0.05) is 6.07 Å². The number of aryl methyl sites for hydroxylation is 1. The average molecular weight is 276 g/mol. The van der Waals surface area contributed by atoms with Gasteiger partial charge in [0, 0.05) is 22.8 Å². The summed E-state index contributed by atoms with van der Waals surface area (Å²) >= 11 is 1.53. The van der Waals surface area contributed by atoms with Crippen LogP contribution in [0.2, 0.25) is 0 Å². The van der Waals surface area contributed by atoms with Gasteiger partial charge in [-0.15, -0.1) is 11.3 Å². The van der Waals surface area contributed by atoms with E-state index in [2.05, 4.69) is 10.5 Å². The Morgan fingerprint density at radius 2 is 2.21 bits per heavy atom. The second-order valence-electron chi connectivity index (χ2n) is 4.31. The van der Waals surface area contributed by atoms with E-state index < -0.39 is 0 Å². The quantitative estimate of drug-likeness (QED) is 0.570. The predicted molar refractivity (Wildman–Crippen MR) is 74.2 cm³/mol. The molecule has 19 heavy (non-hydrogen) atoms. The van der Waals surface area contributed by atoms with Crippen molar-refractivity contribution >= 4 is 21.4 Å². The highest BCUT2D eigenvalue weighted by atomic mass is 32.1. The van der Waals surface area contributed by atoms with Crippen LogP contribution in [0.1, 0.15) is 16.6 Å². The molecule has 0 aliphatic rings. The Morgan fingerprint density at radius 3 is 2.89 bits per heavy atom. The lowest BCUT2D eigenvalue weighted by atomic mass is 10.1. The van der Waals surface area contributed by atoms with Crippen LogP contribution in [-0.2, 0) is 7.05 Å². The van der Waals surface area contributed by atoms with E-state index in [1.807, 2.05) is 19.2 Å². The first kappa shape index (κ1) is 12.3. The van der Waals surface area contributed by atoms with E-state index in [1.165, 1.54) is 17.4 Å². The molecule has 0 bridgehead atoms. The van der Waals surface area contributed by atoms with Crippen molar-refractivity contribution in [2.24, 2.45) is 12.9 Å². The van der Waals surface area contributed by atoms with E-state index in [4.69, 9.17) is 5.84 Å². The van der Waals surface area contributed by atoms with Crippen LogP contribution >= 0.6 is 11.3 Å². The fourth-order valence-corrected chi connectivity index (χ4v) is 3.31. The molecule has 4 nitrogen and oxygen atoms in total. The third-order valence-corrected chi connectivity index (χ3v) is 4.27. The minimum Gasteiger partial charge on any atom is -0.271 e. The van der Waals surface area contributed by atoms with Gasteiger partial charge in [0.1, 0.15) is 5.82 Å². The van der Waals surface area contributed by atoms with Crippen molar-refractivity contribution in [1.29, 1.82) is 0 Å². The van der Waals surface area contributed by atoms with Crippen LogP contribution in [0.15, 0.2) is 36.5 Å². The lowest BCUT2D eigenvalue weighted by molar-refractivity contribution is 0.582. The van der Waals surface area contributed by atoms with Crippen molar-refractivity contribution in [3.63, 3.8) is 0 Å². The van der Waals surface area contributed by atoms with Crippen molar-refractivity contribution in [2.75, 3.05) is 0 Å². The molecule has 0 saturated carbocycles. The molecule has 1 aromatic carbocycles. The van der Waals surface area contributed by atoms with Gasteiger partial charge >= 0.3 is 0 Å². The Hall–Kier alpha value is -1.76. The van der Waals surface area contributed by atoms with Gasteiger partial charge in [-0.2, -0.15) is 5.10 Å². The van der Waals surface area contributed by atoms with Gasteiger partial charge in [-0.05, 0) is 29.7 Å². The summed E-state index contributed by atoms with van der Waals surface area (Å²) in [5.74, 6) is 5.43. The number of hydrogen-bond donors (Lipinski definition) is 2. The number of nitrogens with one attached hydrogen (secondary N) is 1. The maximum absolute atomic E-state index is 13.2. The predicted octanol–water partition coefficient (Wildman–Crippen LogP) is 2.33. The van der Waals surface area contributed by atoms with Gasteiger partial charge in [-0.25, -0.2) is 9.82 Å². The zero-order valence-corrected chi connectivity index (χ0v) is 11.1. The molecule has 0 radical (unpaired) electrons. The molecule has 3 rings (SSSR count). The maximum Gasteiger partial charge on any atom is 0.124 e. The molecule has 2 heterocycles. The molecule has 98 valence electrons. The number of fused-ring (bicyclic) bond motifs is 1. The van der Waals surface area contributed by atoms with Crippen LogP contribution in [0.25, 0.3) is 10.1 Å². The molecule has 0 spiro atoms. The standard InChI is InChI=1S/C13H13FN4S/c1-18-10(4-5-16-18)13(17-15)12-6-8-2-3-9(14)7-11(8)19-12/h2-7,13,17H,15H2,1H3. The molecule has 0 amide bonds. The Kier molecular flexibility index (Phi) is 3.06. The van der Waals surface area contributed by atoms with Crippen LogP contribution < -0.4 is 11.3 Å². The van der Waals surface area contributed by atoms with Crippen molar-refractivity contribution in [1.82, 2.24) is 15.2 Å². The van der Waals surface area contributed by atoms with Crippen molar-refractivity contribution in [2.45, 2.75) is 6.04 Å². The molecule has 0 aliphatic heterocycles. The summed E-state index contributed by atoms with van der Waals surface area (Å²) in [7, 11) is 1.87. The Morgan fingerprint density at radius 1 is 1.37 bits per heavy atom. The molecule has 1 unspecified atom stereocenters. The molecule has 3 N–H and O–H groups in total. The monoisotopic (exact) mass is 276 g/mol. The number of hydrazine groups is 1. The highest BCUT2D eigenvalue weighted by Crippen LogP contribution is 2.32. The fourth-order valence-electron chi connectivity index (χ4n) is 2.15. The lowest BCUT2D eigenvalue weighted by Crippen LogP contribution is -2.29. The Bertz CT molecular complexity index is 718. The number of nitrogens with zero attached hydrogens (tertiary/aromatic N) is 2. The summed E-state index contributed by atoms with van der Waals surface area (Å²) in [6.07, 6.45) is 1.73. The summed E-state index contributed by atoms with van der Waals surface area (Å²) < 4.78 is 15.9. The number of hydrogen-bond acceptors (Lipinski definition) is 4. The third kappa shape index (κ3) is 2.14. The molecule has 3 aromatic rings. The van der Waals surface area contributed by atoms with Gasteiger partial charge in [0.05, 0.1) is 11.7 Å². The minimum atomic E-state index is -0.223. The average Bonchev–Trinajstić information content (AvgIpc) is 2.97. The summed E-state index contributed by atoms with van der Waals surface area (Å²) in [5, 5.41) is 5.16. The number of aromatic nitrogens is 2. The number of nitrogens with two attached hydrogens (primary N) is 1. The van der Waals surface area contributed by atoms with Gasteiger partial charge in [0.15, 0.2) is 0 Å². The molecule has 1 atom stereocenters. The first-order chi connectivity index (χ1) is 9.19. The van der Waals surface area contributed by atoms with Crippen LogP contribution in [0, 0.1) is 5.82 Å². The van der Waals surface area contributed by atoms with Gasteiger partial charge in [-0.3, -0.25) is 10.5 Å². The number of halogens is 1. The van der Waals surface area contributed by atoms with E-state index in [0.29, 0.717) is 0 Å². The van der Waals surface area contributed by atoms with Gasteiger partial charge in [0.25, 0.3) is 0 Å². The van der Waals surface area contributed by atoms with Crippen LogP contribution in [0.4, 0.5) is 4.39 Å². The molecule has 2 aromatic heterocycles. The molecule has 0 saturated heterocycles. The highest BCUT2D eigenvalue weighted by Gasteiger charge is 2.18. The van der Waals surface area contributed by atoms with Crippen molar-refractivity contribution < 1.29 is 4.39 Å². The van der Waals surface area contributed by atoms with Gasteiger partial charge in [0.2, 0.25) is 0 Å². The molecular formula is C13H13FN4S. The summed E-state index contributed by atoms with van der Waals surface area (Å²) in [4.78, 5) is 1.03. The smallest absolute Gasteiger partial charge is 0.124 e. The molecule has 0 fully saturated rings. The summed E-state index contributed by atoms with van der Waals surface area (Å²) in [5.41, 5.74) is 3.76. The molecule has 0 aliphatic carbocycles. The van der Waals surface area contributed by atoms with Gasteiger partial charge < -0.3 is 0 Å². The second-order valence-corrected chi connectivity index (χ2v) is 5.43. The number of thiophene rings is 1. The third-order valence-electron chi connectivity index (χ3n) is 3.11. The van der Waals surface area contributed by atoms with Crippen molar-refractivity contribution in [3.05, 3.63) is 52.9 Å².